The fourth-order valence-corrected chi connectivity index (χ4v) is 0.541. The summed E-state index contributed by atoms with van der Waals surface area (Å²) in [7, 11) is -4.64. The van der Waals surface area contributed by atoms with Crippen LogP contribution in [0.5, 0.6) is 0 Å². The summed E-state index contributed by atoms with van der Waals surface area (Å²) in [4.78, 5) is 31.5. The summed E-state index contributed by atoms with van der Waals surface area (Å²) in [6, 6.07) is -0.743. The SMILES string of the molecule is NC(CCS)C(=O)O.O=P(O)(O)O. The van der Waals surface area contributed by atoms with E-state index in [1.165, 1.54) is 0 Å². The van der Waals surface area contributed by atoms with Crippen molar-refractivity contribution < 1.29 is 29.1 Å². The number of hydrogen-bond acceptors (Lipinski definition) is 4. The van der Waals surface area contributed by atoms with Gasteiger partial charge in [-0.3, -0.25) is 4.79 Å². The van der Waals surface area contributed by atoms with Crippen LogP contribution >= 0.6 is 20.5 Å². The number of phosphoric acid groups is 1. The minimum atomic E-state index is -4.64. The molecule has 0 rings (SSSR count). The van der Waals surface area contributed by atoms with E-state index in [0.717, 1.165) is 0 Å². The number of carboxylic acids is 1. The van der Waals surface area contributed by atoms with E-state index in [0.29, 0.717) is 12.2 Å². The molecule has 80 valence electrons. The first kappa shape index (κ1) is 15.4. The van der Waals surface area contributed by atoms with Crippen LogP contribution in [0.15, 0.2) is 0 Å². The molecule has 0 heterocycles. The number of carboxylic acid groups (broad SMARTS) is 1. The smallest absolute Gasteiger partial charge is 0.466 e. The lowest BCUT2D eigenvalue weighted by Crippen LogP contribution is -2.30. The lowest BCUT2D eigenvalue weighted by atomic mass is 10.2. The van der Waals surface area contributed by atoms with E-state index < -0.39 is 19.8 Å². The second-order valence-electron chi connectivity index (χ2n) is 1.97. The molecule has 0 bridgehead atoms. The summed E-state index contributed by atoms with van der Waals surface area (Å²) < 4.78 is 8.88. The van der Waals surface area contributed by atoms with Gasteiger partial charge in [0.25, 0.3) is 0 Å². The van der Waals surface area contributed by atoms with Crippen molar-refractivity contribution >= 4 is 26.4 Å². The zero-order chi connectivity index (χ0) is 11.1. The molecule has 1 atom stereocenters. The van der Waals surface area contributed by atoms with Gasteiger partial charge in [0.1, 0.15) is 6.04 Å². The van der Waals surface area contributed by atoms with Gasteiger partial charge in [0.05, 0.1) is 0 Å². The van der Waals surface area contributed by atoms with Crippen molar-refractivity contribution in [3.63, 3.8) is 0 Å². The normalized spacial score (nSPS) is 12.7. The third-order valence-corrected chi connectivity index (χ3v) is 1.02. The van der Waals surface area contributed by atoms with Crippen molar-refractivity contribution in [1.29, 1.82) is 0 Å². The van der Waals surface area contributed by atoms with Crippen LogP contribution < -0.4 is 5.73 Å². The summed E-state index contributed by atoms with van der Waals surface area (Å²) in [6.07, 6.45) is 0.429. The molecule has 0 aromatic rings. The van der Waals surface area contributed by atoms with Crippen molar-refractivity contribution in [2.75, 3.05) is 5.75 Å². The summed E-state index contributed by atoms with van der Waals surface area (Å²) in [5.74, 6) is -0.438. The molecule has 0 amide bonds. The maximum atomic E-state index is 9.93. The molecule has 0 saturated carbocycles. The fourth-order valence-electron chi connectivity index (χ4n) is 0.263. The van der Waals surface area contributed by atoms with Crippen molar-refractivity contribution in [3.05, 3.63) is 0 Å². The minimum Gasteiger partial charge on any atom is -0.480 e. The first-order chi connectivity index (χ1) is 5.68. The molecule has 6 N–H and O–H groups in total. The van der Waals surface area contributed by atoms with Crippen LogP contribution in [0.1, 0.15) is 6.42 Å². The van der Waals surface area contributed by atoms with Crippen LogP contribution in [-0.4, -0.2) is 37.6 Å². The molecular formula is C4H12NO6PS. The predicted octanol–water partition coefficient (Wildman–Crippen LogP) is -1.21. The predicted molar refractivity (Wildman–Crippen MR) is 48.3 cm³/mol. The Hall–Kier alpha value is -0.110. The van der Waals surface area contributed by atoms with Crippen LogP contribution in [-0.2, 0) is 9.36 Å². The van der Waals surface area contributed by atoms with Crippen molar-refractivity contribution in [3.8, 4) is 0 Å². The molecule has 0 aliphatic rings. The third kappa shape index (κ3) is 24.5. The molecule has 0 radical (unpaired) electrons. The number of aliphatic carboxylic acids is 1. The molecule has 0 aromatic heterocycles. The Morgan fingerprint density at radius 3 is 1.85 bits per heavy atom. The largest absolute Gasteiger partial charge is 0.480 e. The molecule has 1 unspecified atom stereocenters. The molecule has 9 heteroatoms. The van der Waals surface area contributed by atoms with Crippen molar-refractivity contribution in [2.24, 2.45) is 5.73 Å². The van der Waals surface area contributed by atoms with E-state index >= 15 is 0 Å². The van der Waals surface area contributed by atoms with Gasteiger partial charge in [-0.05, 0) is 12.2 Å². The van der Waals surface area contributed by atoms with Gasteiger partial charge in [0.15, 0.2) is 0 Å². The Morgan fingerprint density at radius 2 is 1.77 bits per heavy atom. The highest BCUT2D eigenvalue weighted by Gasteiger charge is 2.08. The van der Waals surface area contributed by atoms with Gasteiger partial charge >= 0.3 is 13.8 Å². The van der Waals surface area contributed by atoms with Gasteiger partial charge in [-0.1, -0.05) is 0 Å². The minimum absolute atomic E-state index is 0.429. The van der Waals surface area contributed by atoms with Crippen molar-refractivity contribution in [2.45, 2.75) is 12.5 Å². The quantitative estimate of drug-likeness (QED) is 0.265. The third-order valence-electron chi connectivity index (χ3n) is 0.757. The van der Waals surface area contributed by atoms with E-state index in [-0.39, 0.29) is 0 Å². The van der Waals surface area contributed by atoms with Gasteiger partial charge in [-0.25, -0.2) is 4.57 Å². The highest BCUT2D eigenvalue weighted by molar-refractivity contribution is 7.80. The molecule has 0 spiro atoms. The summed E-state index contributed by atoms with van der Waals surface area (Å²) in [5, 5.41) is 8.15. The van der Waals surface area contributed by atoms with Crippen LogP contribution in [0.25, 0.3) is 0 Å². The monoisotopic (exact) mass is 233 g/mol. The first-order valence-electron chi connectivity index (χ1n) is 3.06. The van der Waals surface area contributed by atoms with Gasteiger partial charge in [-0.2, -0.15) is 12.6 Å². The molecular weight excluding hydrogens is 221 g/mol. The van der Waals surface area contributed by atoms with Crippen LogP contribution in [0.4, 0.5) is 0 Å². The molecule has 13 heavy (non-hydrogen) atoms. The molecule has 0 aliphatic heterocycles. The first-order valence-corrected chi connectivity index (χ1v) is 5.25. The van der Waals surface area contributed by atoms with Gasteiger partial charge in [-0.15, -0.1) is 0 Å². The lowest BCUT2D eigenvalue weighted by molar-refractivity contribution is -0.138. The number of hydrogen-bond donors (Lipinski definition) is 6. The maximum Gasteiger partial charge on any atom is 0.466 e. The Balaban J connectivity index is 0. The molecule has 0 aromatic carbocycles. The number of rotatable bonds is 3. The Morgan fingerprint density at radius 1 is 1.46 bits per heavy atom. The second kappa shape index (κ2) is 7.31. The zero-order valence-electron chi connectivity index (χ0n) is 6.57. The van der Waals surface area contributed by atoms with E-state index in [4.69, 9.17) is 30.1 Å². The van der Waals surface area contributed by atoms with Crippen LogP contribution in [0.3, 0.4) is 0 Å². The van der Waals surface area contributed by atoms with Crippen LogP contribution in [0, 0.1) is 0 Å². The Kier molecular flexibility index (Phi) is 8.64. The molecule has 7 nitrogen and oxygen atoms in total. The number of nitrogens with two attached hydrogens (primary N) is 1. The average molecular weight is 233 g/mol. The summed E-state index contributed by atoms with van der Waals surface area (Å²) in [6.45, 7) is 0. The Bertz CT molecular complexity index is 185. The highest BCUT2D eigenvalue weighted by Crippen LogP contribution is 2.25. The maximum absolute atomic E-state index is 9.93. The molecule has 0 fully saturated rings. The van der Waals surface area contributed by atoms with Gasteiger partial charge < -0.3 is 25.5 Å². The molecule has 0 saturated heterocycles. The average Bonchev–Trinajstić information content (AvgIpc) is 1.84. The highest BCUT2D eigenvalue weighted by atomic mass is 32.1. The van der Waals surface area contributed by atoms with Gasteiger partial charge in [0.2, 0.25) is 0 Å². The van der Waals surface area contributed by atoms with Crippen LogP contribution in [0.2, 0.25) is 0 Å². The number of thiol groups is 1. The molecule has 0 aliphatic carbocycles. The Labute approximate surface area is 80.2 Å². The standard InChI is InChI=1S/C4H9NO2S.H3O4P/c5-3(1-2-8)4(6)7;1-5(2,3)4/h3,8H,1-2,5H2,(H,6,7);(H3,1,2,3,4). The van der Waals surface area contributed by atoms with Crippen molar-refractivity contribution in [1.82, 2.24) is 0 Å². The summed E-state index contributed by atoms with van der Waals surface area (Å²) in [5.41, 5.74) is 5.08. The topological polar surface area (TPSA) is 141 Å². The van der Waals surface area contributed by atoms with E-state index in [1.54, 1.807) is 0 Å². The fraction of sp³-hybridized carbons (Fsp3) is 0.750. The van der Waals surface area contributed by atoms with Gasteiger partial charge in [0, 0.05) is 0 Å². The zero-order valence-corrected chi connectivity index (χ0v) is 8.36. The van der Waals surface area contributed by atoms with E-state index in [1.807, 2.05) is 0 Å². The summed E-state index contributed by atoms with van der Waals surface area (Å²) >= 11 is 3.81. The number of carbonyl (C=O) groups is 1. The lowest BCUT2D eigenvalue weighted by Gasteiger charge is -2.00. The second-order valence-corrected chi connectivity index (χ2v) is 3.44. The van der Waals surface area contributed by atoms with E-state index in [9.17, 15) is 4.79 Å². The van der Waals surface area contributed by atoms with E-state index in [2.05, 4.69) is 12.6 Å².